The van der Waals surface area contributed by atoms with E-state index in [4.69, 9.17) is 38.0 Å². The Morgan fingerprint density at radius 3 is 1.61 bits per heavy atom. The fraction of sp³-hybridized carbons (Fsp3) is 0.750. The summed E-state index contributed by atoms with van der Waals surface area (Å²) in [5.74, 6) is 10.2. The molecular formula is C28H56N16O5. The van der Waals surface area contributed by atoms with Crippen molar-refractivity contribution in [3.63, 3.8) is 0 Å². The van der Waals surface area contributed by atoms with Crippen molar-refractivity contribution in [2.45, 2.75) is 78.4 Å². The molecule has 0 saturated heterocycles. The molecule has 0 aliphatic carbocycles. The summed E-state index contributed by atoms with van der Waals surface area (Å²) in [5, 5.41) is 21.9. The Labute approximate surface area is 288 Å². The first-order chi connectivity index (χ1) is 23.2. The van der Waals surface area contributed by atoms with Crippen LogP contribution in [0, 0.1) is 0 Å². The molecule has 0 saturated carbocycles. The summed E-state index contributed by atoms with van der Waals surface area (Å²) in [6.07, 6.45) is 5.37. The Balaban J connectivity index is -0.000000741. The zero-order chi connectivity index (χ0) is 37.8. The van der Waals surface area contributed by atoms with Gasteiger partial charge in [0.25, 0.3) is 0 Å². The Kier molecular flexibility index (Phi) is 32.6. The van der Waals surface area contributed by atoms with Crippen molar-refractivity contribution < 1.29 is 23.9 Å². The number of carbonyl (C=O) groups excluding carboxylic acids is 3. The molecule has 0 unspecified atom stereocenters. The van der Waals surface area contributed by atoms with Crippen LogP contribution < -0.4 is 33.4 Å². The standard InChI is InChI=1S/C14H28N8O2.C11H20N4O3.C3H8N4/c1-14(2,3)24-13(23)19-8-4-6-17-10-12(21-15)11-18-7-5-9-20-22-16;1-11(2,3)18-10(17)14-6-4-5-13-7-9(8-16)15-12;4-2-1-3-6-7-5/h10,18H,4-9,11,15H2,1-3H3,(H,19,23);7-8H,4-6,12H2,1-3H3,(H,14,17);1-4H2. The molecule has 0 aromatic heterocycles. The third-order valence-corrected chi connectivity index (χ3v) is 4.67. The summed E-state index contributed by atoms with van der Waals surface area (Å²) in [5.41, 5.74) is 20.6. The minimum atomic E-state index is -0.501. The number of aliphatic imine (C=N–C) groups is 2. The number of hydrogen-bond donors (Lipinski definition) is 6. The molecule has 49 heavy (non-hydrogen) atoms. The van der Waals surface area contributed by atoms with E-state index < -0.39 is 23.4 Å². The molecule has 0 aromatic carbocycles. The summed E-state index contributed by atoms with van der Waals surface area (Å²) < 4.78 is 10.2. The van der Waals surface area contributed by atoms with Crippen LogP contribution in [0.1, 0.15) is 67.2 Å². The number of nitrogens with two attached hydrogens (primary N) is 3. The van der Waals surface area contributed by atoms with Gasteiger partial charge in [0.05, 0.1) is 11.9 Å². The van der Waals surface area contributed by atoms with E-state index in [1.54, 1.807) is 27.0 Å². The van der Waals surface area contributed by atoms with Crippen molar-refractivity contribution in [2.24, 2.45) is 47.8 Å². The molecule has 278 valence electrons. The number of nitrogens with zero attached hydrogens (tertiary/aromatic N) is 10. The van der Waals surface area contributed by atoms with Gasteiger partial charge < -0.3 is 42.8 Å². The summed E-state index contributed by atoms with van der Waals surface area (Å²) in [4.78, 5) is 46.3. The predicted octanol–water partition coefficient (Wildman–Crippen LogP) is 2.71. The number of ether oxygens (including phenoxy) is 2. The lowest BCUT2D eigenvalue weighted by Crippen LogP contribution is -2.33. The van der Waals surface area contributed by atoms with Gasteiger partial charge in [0, 0.05) is 61.9 Å². The van der Waals surface area contributed by atoms with E-state index in [0.717, 1.165) is 12.8 Å². The van der Waals surface area contributed by atoms with Gasteiger partial charge >= 0.3 is 12.2 Å². The van der Waals surface area contributed by atoms with E-state index in [1.807, 2.05) is 20.8 Å². The van der Waals surface area contributed by atoms with Crippen LogP contribution in [-0.2, 0) is 14.3 Å². The molecule has 0 rings (SSSR count). The lowest BCUT2D eigenvalue weighted by molar-refractivity contribution is -0.102. The third-order valence-electron chi connectivity index (χ3n) is 4.67. The molecule has 0 spiro atoms. The average Bonchev–Trinajstić information content (AvgIpc) is 3.02. The van der Waals surface area contributed by atoms with E-state index in [9.17, 15) is 14.4 Å². The molecule has 0 bridgehead atoms. The molecule has 21 heteroatoms. The van der Waals surface area contributed by atoms with E-state index >= 15 is 0 Å². The van der Waals surface area contributed by atoms with Crippen LogP contribution in [-0.4, -0.2) is 112 Å². The van der Waals surface area contributed by atoms with Gasteiger partial charge in [0.2, 0.25) is 0 Å². The van der Waals surface area contributed by atoms with E-state index in [2.05, 4.69) is 56.2 Å². The number of alkyl carbamates (subject to hydrolysis) is 2. The largest absolute Gasteiger partial charge is 0.444 e. The van der Waals surface area contributed by atoms with Gasteiger partial charge in [-0.2, -0.15) is 10.2 Å². The van der Waals surface area contributed by atoms with Gasteiger partial charge in [0.15, 0.2) is 6.29 Å². The molecule has 9 N–H and O–H groups in total. The Morgan fingerprint density at radius 2 is 1.20 bits per heavy atom. The fourth-order valence-corrected chi connectivity index (χ4v) is 2.64. The molecule has 21 nitrogen and oxygen atoms in total. The minimum absolute atomic E-state index is 0.0788. The molecular weight excluding hydrogens is 640 g/mol. The van der Waals surface area contributed by atoms with Crippen molar-refractivity contribution in [3.05, 3.63) is 20.9 Å². The molecule has 0 atom stereocenters. The summed E-state index contributed by atoms with van der Waals surface area (Å²) >= 11 is 0. The molecule has 2 amide bonds. The van der Waals surface area contributed by atoms with E-state index in [0.29, 0.717) is 83.7 Å². The maximum atomic E-state index is 11.4. The number of rotatable bonds is 20. The number of hydrazone groups is 2. The normalized spacial score (nSPS) is 11.6. The number of carbonyl (C=O) groups is 3. The Bertz CT molecular complexity index is 1120. The molecule has 0 aliphatic heterocycles. The highest BCUT2D eigenvalue weighted by Gasteiger charge is 2.16. The van der Waals surface area contributed by atoms with Crippen molar-refractivity contribution in [1.82, 2.24) is 16.0 Å². The highest BCUT2D eigenvalue weighted by atomic mass is 16.6. The lowest BCUT2D eigenvalue weighted by atomic mass is 10.2. The van der Waals surface area contributed by atoms with Crippen molar-refractivity contribution in [2.75, 3.05) is 58.9 Å². The van der Waals surface area contributed by atoms with Gasteiger partial charge in [-0.15, -0.1) is 0 Å². The smallest absolute Gasteiger partial charge is 0.407 e. The Morgan fingerprint density at radius 1 is 0.735 bits per heavy atom. The van der Waals surface area contributed by atoms with Gasteiger partial charge in [-0.25, -0.2) is 9.59 Å². The molecule has 0 fully saturated rings. The monoisotopic (exact) mass is 696 g/mol. The highest BCUT2D eigenvalue weighted by molar-refractivity contribution is 6.54. The summed E-state index contributed by atoms with van der Waals surface area (Å²) in [7, 11) is 0. The van der Waals surface area contributed by atoms with Crippen LogP contribution in [0.5, 0.6) is 0 Å². The maximum Gasteiger partial charge on any atom is 0.407 e. The van der Waals surface area contributed by atoms with Crippen LogP contribution in [0.3, 0.4) is 0 Å². The number of hydrogen-bond acceptors (Lipinski definition) is 15. The topological polar surface area (TPSA) is 331 Å². The first kappa shape index (κ1) is 48.4. The quantitative estimate of drug-likeness (QED) is 0.0159. The highest BCUT2D eigenvalue weighted by Crippen LogP contribution is 2.06. The van der Waals surface area contributed by atoms with Crippen LogP contribution in [0.25, 0.3) is 20.9 Å². The van der Waals surface area contributed by atoms with E-state index in [-0.39, 0.29) is 5.71 Å². The van der Waals surface area contributed by atoms with Crippen molar-refractivity contribution in [1.29, 1.82) is 0 Å². The molecule has 0 heterocycles. The van der Waals surface area contributed by atoms with Gasteiger partial charge in [-0.05, 0) is 91.4 Å². The molecule has 0 radical (unpaired) electrons. The second kappa shape index (κ2) is 33.0. The molecule has 0 aromatic rings. The first-order valence-electron chi connectivity index (χ1n) is 15.5. The number of nitrogens with one attached hydrogen (secondary N) is 3. The van der Waals surface area contributed by atoms with Gasteiger partial charge in [-0.1, -0.05) is 10.2 Å². The second-order valence-corrected chi connectivity index (χ2v) is 11.5. The molecule has 0 aliphatic rings. The number of azide groups is 2. The third kappa shape index (κ3) is 43.0. The number of aldehydes is 1. The van der Waals surface area contributed by atoms with Crippen LogP contribution in [0.15, 0.2) is 30.4 Å². The Hall–Kier alpha value is -4.97. The van der Waals surface area contributed by atoms with Gasteiger partial charge in [0.1, 0.15) is 16.9 Å². The van der Waals surface area contributed by atoms with Crippen molar-refractivity contribution >= 4 is 42.3 Å². The van der Waals surface area contributed by atoms with Crippen LogP contribution >= 0.6 is 0 Å². The summed E-state index contributed by atoms with van der Waals surface area (Å²) in [6.45, 7) is 15.5. The SMILES string of the molecule is CC(C)(C)OC(=O)NCCCN=CC(C=O)=NN.CC(C)(C)OC(=O)NCCCN=CC(CNCCCN=[N+]=[N-])=NN.[N-]=[N+]=NCCCN. The fourth-order valence-electron chi connectivity index (χ4n) is 2.64. The second-order valence-electron chi connectivity index (χ2n) is 11.5. The minimum Gasteiger partial charge on any atom is -0.444 e. The predicted molar refractivity (Wildman–Crippen MR) is 193 cm³/mol. The van der Waals surface area contributed by atoms with Crippen molar-refractivity contribution in [3.8, 4) is 0 Å². The van der Waals surface area contributed by atoms with E-state index in [1.165, 1.54) is 6.21 Å². The van der Waals surface area contributed by atoms with Gasteiger partial charge in [-0.3, -0.25) is 14.8 Å². The number of amides is 2. The lowest BCUT2D eigenvalue weighted by Gasteiger charge is -2.19. The average molecular weight is 697 g/mol. The zero-order valence-electron chi connectivity index (χ0n) is 29.7. The maximum absolute atomic E-state index is 11.4. The van der Waals surface area contributed by atoms with Crippen LogP contribution in [0.2, 0.25) is 0 Å². The van der Waals surface area contributed by atoms with Crippen LogP contribution in [0.4, 0.5) is 9.59 Å². The summed E-state index contributed by atoms with van der Waals surface area (Å²) in [6, 6.07) is 0. The first-order valence-corrected chi connectivity index (χ1v) is 15.5. The zero-order valence-corrected chi connectivity index (χ0v) is 29.7.